The molecule has 0 aromatic carbocycles. The summed E-state index contributed by atoms with van der Waals surface area (Å²) in [6, 6.07) is 5.26. The Hall–Kier alpha value is -3.49. The van der Waals surface area contributed by atoms with Crippen LogP contribution in [0.25, 0.3) is 0 Å². The zero-order valence-electron chi connectivity index (χ0n) is 14.9. The molecule has 0 saturated carbocycles. The first kappa shape index (κ1) is 17.0. The molecule has 0 spiro atoms. The number of hydrogen-bond donors (Lipinski definition) is 1. The molecule has 0 bridgehead atoms. The maximum atomic E-state index is 12.6. The molecular formula is C18H19N7O2. The van der Waals surface area contributed by atoms with Gasteiger partial charge in [0.25, 0.3) is 11.8 Å². The van der Waals surface area contributed by atoms with E-state index in [4.69, 9.17) is 0 Å². The van der Waals surface area contributed by atoms with E-state index < -0.39 is 0 Å². The Morgan fingerprint density at radius 2 is 2.07 bits per heavy atom. The van der Waals surface area contributed by atoms with E-state index in [1.165, 1.54) is 12.4 Å². The molecule has 2 amide bonds. The molecule has 3 aromatic rings. The first-order valence-electron chi connectivity index (χ1n) is 8.62. The van der Waals surface area contributed by atoms with Gasteiger partial charge >= 0.3 is 0 Å². The van der Waals surface area contributed by atoms with Gasteiger partial charge in [-0.3, -0.25) is 9.59 Å². The molecule has 1 N–H and O–H groups in total. The van der Waals surface area contributed by atoms with Gasteiger partial charge in [-0.05, 0) is 18.2 Å². The van der Waals surface area contributed by atoms with Gasteiger partial charge in [-0.1, -0.05) is 0 Å². The Labute approximate surface area is 155 Å². The van der Waals surface area contributed by atoms with Crippen LogP contribution in [0, 0.1) is 0 Å². The summed E-state index contributed by atoms with van der Waals surface area (Å²) in [7, 11) is 1.83. The number of aryl methyl sites for hydroxylation is 1. The van der Waals surface area contributed by atoms with Crippen molar-refractivity contribution in [2.24, 2.45) is 7.05 Å². The number of nitrogens with one attached hydrogen (secondary N) is 1. The quantitative estimate of drug-likeness (QED) is 0.730. The molecule has 1 aliphatic heterocycles. The summed E-state index contributed by atoms with van der Waals surface area (Å²) in [5.74, 6) is 0.591. The number of hydrogen-bond acceptors (Lipinski definition) is 5. The van der Waals surface area contributed by atoms with Crippen molar-refractivity contribution in [3.8, 4) is 0 Å². The van der Waals surface area contributed by atoms with E-state index in [9.17, 15) is 9.59 Å². The van der Waals surface area contributed by atoms with Crippen LogP contribution in [0.1, 0.15) is 32.4 Å². The molecule has 27 heavy (non-hydrogen) atoms. The van der Waals surface area contributed by atoms with Gasteiger partial charge < -0.3 is 19.4 Å². The second-order valence-electron chi connectivity index (χ2n) is 6.36. The minimum atomic E-state index is -0.129. The Morgan fingerprint density at radius 1 is 1.19 bits per heavy atom. The van der Waals surface area contributed by atoms with Crippen molar-refractivity contribution in [2.45, 2.75) is 19.6 Å². The molecule has 0 fully saturated rings. The van der Waals surface area contributed by atoms with Crippen LogP contribution in [-0.2, 0) is 26.7 Å². The number of rotatable bonds is 4. The smallest absolute Gasteiger partial charge is 0.268 e. The third-order valence-corrected chi connectivity index (χ3v) is 4.67. The predicted octanol–water partition coefficient (Wildman–Crippen LogP) is 0.598. The van der Waals surface area contributed by atoms with Gasteiger partial charge in [-0.2, -0.15) is 10.2 Å². The zero-order valence-corrected chi connectivity index (χ0v) is 14.9. The number of amides is 2. The van der Waals surface area contributed by atoms with E-state index >= 15 is 0 Å². The Bertz CT molecular complexity index is 977. The molecule has 138 valence electrons. The fraction of sp³-hybridized carbons (Fsp3) is 0.278. The maximum absolute atomic E-state index is 12.6. The Morgan fingerprint density at radius 3 is 2.81 bits per heavy atom. The highest BCUT2D eigenvalue weighted by atomic mass is 16.2. The minimum Gasteiger partial charge on any atom is -0.347 e. The van der Waals surface area contributed by atoms with Gasteiger partial charge in [0.15, 0.2) is 0 Å². The van der Waals surface area contributed by atoms with Crippen LogP contribution in [0.3, 0.4) is 0 Å². The van der Waals surface area contributed by atoms with Crippen molar-refractivity contribution >= 4 is 11.8 Å². The topological polar surface area (TPSA) is 97.9 Å². The third kappa shape index (κ3) is 3.31. The largest absolute Gasteiger partial charge is 0.347 e. The van der Waals surface area contributed by atoms with E-state index in [-0.39, 0.29) is 11.8 Å². The molecule has 3 aromatic heterocycles. The summed E-state index contributed by atoms with van der Waals surface area (Å²) < 4.78 is 3.83. The lowest BCUT2D eigenvalue weighted by atomic mass is 10.2. The number of fused-ring (bicyclic) bond motifs is 1. The Balaban J connectivity index is 1.42. The van der Waals surface area contributed by atoms with Gasteiger partial charge in [0.05, 0.1) is 42.9 Å². The average Bonchev–Trinajstić information content (AvgIpc) is 3.31. The van der Waals surface area contributed by atoms with Crippen molar-refractivity contribution in [3.05, 3.63) is 65.8 Å². The lowest BCUT2D eigenvalue weighted by molar-refractivity contribution is 0.0705. The van der Waals surface area contributed by atoms with Gasteiger partial charge in [0.2, 0.25) is 0 Å². The summed E-state index contributed by atoms with van der Waals surface area (Å²) in [6.45, 7) is 2.02. The normalized spacial score (nSPS) is 13.3. The number of imidazole rings is 1. The molecule has 0 unspecified atom stereocenters. The molecule has 0 radical (unpaired) electrons. The van der Waals surface area contributed by atoms with E-state index in [1.54, 1.807) is 27.8 Å². The van der Waals surface area contributed by atoms with E-state index in [0.29, 0.717) is 37.4 Å². The zero-order chi connectivity index (χ0) is 18.8. The highest BCUT2D eigenvalue weighted by molar-refractivity contribution is 5.94. The number of carbonyl (C=O) groups excluding carboxylic acids is 2. The maximum Gasteiger partial charge on any atom is 0.268 e. The summed E-state index contributed by atoms with van der Waals surface area (Å²) in [6.07, 6.45) is 6.56. The average molecular weight is 365 g/mol. The van der Waals surface area contributed by atoms with E-state index in [1.807, 2.05) is 19.3 Å². The molecule has 1 aliphatic rings. The summed E-state index contributed by atoms with van der Waals surface area (Å²) in [4.78, 5) is 31.0. The van der Waals surface area contributed by atoms with Crippen LogP contribution in [0.5, 0.6) is 0 Å². The standard InChI is InChI=1S/C18H19N7O2/c1-23-6-2-3-15(23)17(26)20-11-14-10-19-16-12-24(7-8-25(14)16)18(27)13-4-5-21-22-9-13/h2-6,9-10H,7-8,11-12H2,1H3,(H,20,26). The SMILES string of the molecule is Cn1cccc1C(=O)NCc1cnc2n1CCN(C(=O)c1ccnnc1)C2. The number of aromatic nitrogens is 5. The first-order valence-corrected chi connectivity index (χ1v) is 8.62. The van der Waals surface area contributed by atoms with Crippen molar-refractivity contribution in [1.29, 1.82) is 0 Å². The summed E-state index contributed by atoms with van der Waals surface area (Å²) >= 11 is 0. The fourth-order valence-electron chi connectivity index (χ4n) is 3.20. The van der Waals surface area contributed by atoms with Crippen molar-refractivity contribution in [1.82, 2.24) is 34.5 Å². The molecule has 9 heteroatoms. The lowest BCUT2D eigenvalue weighted by Gasteiger charge is -2.28. The van der Waals surface area contributed by atoms with Crippen LogP contribution in [0.15, 0.2) is 43.0 Å². The fourth-order valence-corrected chi connectivity index (χ4v) is 3.20. The predicted molar refractivity (Wildman–Crippen MR) is 95.6 cm³/mol. The van der Waals surface area contributed by atoms with Gasteiger partial charge in [0.1, 0.15) is 11.5 Å². The Kier molecular flexibility index (Phi) is 4.41. The molecule has 4 heterocycles. The summed E-state index contributed by atoms with van der Waals surface area (Å²) in [5.41, 5.74) is 2.04. The van der Waals surface area contributed by atoms with Crippen LogP contribution in [0.2, 0.25) is 0 Å². The molecule has 0 atom stereocenters. The van der Waals surface area contributed by atoms with Gasteiger partial charge in [-0.25, -0.2) is 4.98 Å². The van der Waals surface area contributed by atoms with Crippen LogP contribution in [-0.4, -0.2) is 47.6 Å². The number of nitrogens with zero attached hydrogens (tertiary/aromatic N) is 6. The van der Waals surface area contributed by atoms with Crippen molar-refractivity contribution in [3.63, 3.8) is 0 Å². The molecule has 0 aliphatic carbocycles. The third-order valence-electron chi connectivity index (χ3n) is 4.67. The van der Waals surface area contributed by atoms with Crippen molar-refractivity contribution in [2.75, 3.05) is 6.54 Å². The molecular weight excluding hydrogens is 346 g/mol. The lowest BCUT2D eigenvalue weighted by Crippen LogP contribution is -2.39. The number of carbonyl (C=O) groups is 2. The monoisotopic (exact) mass is 365 g/mol. The first-order chi connectivity index (χ1) is 13.1. The van der Waals surface area contributed by atoms with Crippen LogP contribution < -0.4 is 5.32 Å². The molecule has 0 saturated heterocycles. The van der Waals surface area contributed by atoms with Crippen molar-refractivity contribution < 1.29 is 9.59 Å². The van der Waals surface area contributed by atoms with E-state index in [0.717, 1.165) is 11.5 Å². The van der Waals surface area contributed by atoms with Crippen LogP contribution in [0.4, 0.5) is 0 Å². The second kappa shape index (κ2) is 7.02. The van der Waals surface area contributed by atoms with Gasteiger partial charge in [-0.15, -0.1) is 0 Å². The van der Waals surface area contributed by atoms with E-state index in [2.05, 4.69) is 25.1 Å². The van der Waals surface area contributed by atoms with Crippen LogP contribution >= 0.6 is 0 Å². The van der Waals surface area contributed by atoms with Gasteiger partial charge in [0, 0.05) is 26.3 Å². The minimum absolute atomic E-state index is 0.0855. The summed E-state index contributed by atoms with van der Waals surface area (Å²) in [5, 5.41) is 10.4. The highest BCUT2D eigenvalue weighted by Crippen LogP contribution is 2.16. The second-order valence-corrected chi connectivity index (χ2v) is 6.36. The highest BCUT2D eigenvalue weighted by Gasteiger charge is 2.24. The molecule has 4 rings (SSSR count). The molecule has 9 nitrogen and oxygen atoms in total.